The van der Waals surface area contributed by atoms with Crippen LogP contribution in [0.3, 0.4) is 0 Å². The number of rotatable bonds is 7. The van der Waals surface area contributed by atoms with E-state index in [4.69, 9.17) is 14.2 Å². The number of fused-ring (bicyclic) bond motifs is 1. The molecule has 2 aliphatic heterocycles. The van der Waals surface area contributed by atoms with Crippen molar-refractivity contribution in [3.63, 3.8) is 0 Å². The van der Waals surface area contributed by atoms with Crippen molar-refractivity contribution in [3.8, 4) is 11.5 Å². The van der Waals surface area contributed by atoms with Gasteiger partial charge in [-0.3, -0.25) is 9.80 Å². The summed E-state index contributed by atoms with van der Waals surface area (Å²) in [5.74, 6) is 1.64. The second kappa shape index (κ2) is 8.99. The Labute approximate surface area is 167 Å². The molecule has 1 saturated heterocycles. The molecule has 28 heavy (non-hydrogen) atoms. The van der Waals surface area contributed by atoms with Crippen LogP contribution in [-0.2, 0) is 30.8 Å². The van der Waals surface area contributed by atoms with E-state index in [1.165, 1.54) is 16.8 Å². The van der Waals surface area contributed by atoms with E-state index in [1.54, 1.807) is 14.2 Å². The van der Waals surface area contributed by atoms with Crippen LogP contribution in [0.2, 0.25) is 0 Å². The summed E-state index contributed by atoms with van der Waals surface area (Å²) in [7, 11) is 3.40. The van der Waals surface area contributed by atoms with Crippen molar-refractivity contribution in [1.82, 2.24) is 14.4 Å². The zero-order chi connectivity index (χ0) is 19.3. The Hall–Kier alpha value is -2.02. The molecule has 0 amide bonds. The maximum atomic E-state index is 5.49. The molecule has 0 bridgehead atoms. The van der Waals surface area contributed by atoms with Crippen LogP contribution in [-0.4, -0.2) is 68.0 Å². The van der Waals surface area contributed by atoms with Crippen molar-refractivity contribution in [2.45, 2.75) is 26.1 Å². The molecule has 0 atom stereocenters. The van der Waals surface area contributed by atoms with Gasteiger partial charge in [-0.05, 0) is 41.8 Å². The maximum absolute atomic E-state index is 5.49. The summed E-state index contributed by atoms with van der Waals surface area (Å²) in [4.78, 5) is 5.01. The smallest absolute Gasteiger partial charge is 0.161 e. The third-order valence-electron chi connectivity index (χ3n) is 5.87. The van der Waals surface area contributed by atoms with Gasteiger partial charge in [0.15, 0.2) is 11.5 Å². The molecule has 1 fully saturated rings. The Bertz CT molecular complexity index is 783. The molecule has 0 unspecified atom stereocenters. The Morgan fingerprint density at radius 3 is 2.43 bits per heavy atom. The van der Waals surface area contributed by atoms with E-state index in [0.717, 1.165) is 76.9 Å². The van der Waals surface area contributed by atoms with Gasteiger partial charge in [-0.2, -0.15) is 0 Å². The molecule has 152 valence electrons. The topological polar surface area (TPSA) is 39.1 Å². The van der Waals surface area contributed by atoms with Crippen LogP contribution in [0.1, 0.15) is 16.8 Å². The number of hydrogen-bond acceptors (Lipinski definition) is 5. The molecule has 0 radical (unpaired) electrons. The highest BCUT2D eigenvalue weighted by Gasteiger charge is 2.20. The molecule has 0 saturated carbocycles. The molecule has 2 aliphatic rings. The van der Waals surface area contributed by atoms with Crippen molar-refractivity contribution in [2.24, 2.45) is 0 Å². The lowest BCUT2D eigenvalue weighted by Crippen LogP contribution is -2.38. The quantitative estimate of drug-likeness (QED) is 0.732. The fourth-order valence-electron chi connectivity index (χ4n) is 4.19. The van der Waals surface area contributed by atoms with Crippen molar-refractivity contribution in [1.29, 1.82) is 0 Å². The lowest BCUT2D eigenvalue weighted by molar-refractivity contribution is 0.0362. The molecule has 3 heterocycles. The van der Waals surface area contributed by atoms with Crippen LogP contribution in [0, 0.1) is 0 Å². The third-order valence-corrected chi connectivity index (χ3v) is 5.87. The van der Waals surface area contributed by atoms with Gasteiger partial charge in [-0.25, -0.2) is 0 Å². The number of benzene rings is 1. The average Bonchev–Trinajstić information content (AvgIpc) is 3.18. The van der Waals surface area contributed by atoms with Crippen molar-refractivity contribution >= 4 is 0 Å². The Balaban J connectivity index is 1.39. The van der Waals surface area contributed by atoms with Crippen LogP contribution >= 0.6 is 0 Å². The van der Waals surface area contributed by atoms with Gasteiger partial charge >= 0.3 is 0 Å². The zero-order valence-electron chi connectivity index (χ0n) is 17.0. The van der Waals surface area contributed by atoms with Gasteiger partial charge in [0.2, 0.25) is 0 Å². The third kappa shape index (κ3) is 4.35. The molecule has 4 rings (SSSR count). The number of aromatic nitrogens is 1. The van der Waals surface area contributed by atoms with Crippen LogP contribution < -0.4 is 9.47 Å². The molecule has 2 aromatic rings. The van der Waals surface area contributed by atoms with E-state index >= 15 is 0 Å². The van der Waals surface area contributed by atoms with Gasteiger partial charge in [0.25, 0.3) is 0 Å². The van der Waals surface area contributed by atoms with Gasteiger partial charge in [0, 0.05) is 57.7 Å². The lowest BCUT2D eigenvalue weighted by Gasteiger charge is -2.30. The van der Waals surface area contributed by atoms with Gasteiger partial charge in [0.1, 0.15) is 0 Å². The monoisotopic (exact) mass is 385 g/mol. The second-order valence-corrected chi connectivity index (χ2v) is 7.58. The highest BCUT2D eigenvalue weighted by atomic mass is 16.5. The van der Waals surface area contributed by atoms with Crippen LogP contribution in [0.5, 0.6) is 11.5 Å². The lowest BCUT2D eigenvalue weighted by atomic mass is 9.98. The van der Waals surface area contributed by atoms with E-state index in [1.807, 2.05) is 0 Å². The number of hydrogen-bond donors (Lipinski definition) is 0. The summed E-state index contributed by atoms with van der Waals surface area (Å²) in [5, 5.41) is 0. The summed E-state index contributed by atoms with van der Waals surface area (Å²) >= 11 is 0. The Kier molecular flexibility index (Phi) is 6.20. The average molecular weight is 386 g/mol. The molecule has 1 aromatic heterocycles. The zero-order valence-corrected chi connectivity index (χ0v) is 17.0. The summed E-state index contributed by atoms with van der Waals surface area (Å²) < 4.78 is 18.8. The van der Waals surface area contributed by atoms with E-state index in [9.17, 15) is 0 Å². The first-order valence-corrected chi connectivity index (χ1v) is 10.2. The van der Waals surface area contributed by atoms with Crippen molar-refractivity contribution in [2.75, 3.05) is 53.6 Å². The summed E-state index contributed by atoms with van der Waals surface area (Å²) in [6.45, 7) is 8.93. The number of methoxy groups -OCH3 is 2. The SMILES string of the molecule is COc1cc2c(cc1OC)CN(Cc1cccn1CCN1CCOCC1)CC2. The van der Waals surface area contributed by atoms with Crippen LogP contribution in [0.4, 0.5) is 0 Å². The molecule has 6 nitrogen and oxygen atoms in total. The summed E-state index contributed by atoms with van der Waals surface area (Å²) in [6, 6.07) is 8.69. The fraction of sp³-hybridized carbons (Fsp3) is 0.545. The number of nitrogens with zero attached hydrogens (tertiary/aromatic N) is 3. The maximum Gasteiger partial charge on any atom is 0.161 e. The second-order valence-electron chi connectivity index (χ2n) is 7.58. The van der Waals surface area contributed by atoms with Crippen molar-refractivity contribution < 1.29 is 14.2 Å². The van der Waals surface area contributed by atoms with Gasteiger partial charge in [-0.15, -0.1) is 0 Å². The molecule has 0 spiro atoms. The Morgan fingerprint density at radius 2 is 1.68 bits per heavy atom. The standard InChI is InChI=1S/C22H31N3O3/c1-26-21-14-18-5-7-24(16-19(18)15-22(21)27-2)17-20-4-3-6-25(20)9-8-23-10-12-28-13-11-23/h3-4,6,14-15H,5,7-13,16-17H2,1-2H3. The first-order chi connectivity index (χ1) is 13.8. The minimum absolute atomic E-state index is 0.817. The first kappa shape index (κ1) is 19.3. The predicted molar refractivity (Wildman–Crippen MR) is 109 cm³/mol. The molecular weight excluding hydrogens is 354 g/mol. The number of ether oxygens (including phenoxy) is 3. The first-order valence-electron chi connectivity index (χ1n) is 10.2. The molecule has 0 aliphatic carbocycles. The normalized spacial score (nSPS) is 18.1. The predicted octanol–water partition coefficient (Wildman–Crippen LogP) is 2.40. The minimum Gasteiger partial charge on any atom is -0.493 e. The molecule has 6 heteroatoms. The largest absolute Gasteiger partial charge is 0.493 e. The Morgan fingerprint density at radius 1 is 0.929 bits per heavy atom. The molecule has 1 aromatic carbocycles. The summed E-state index contributed by atoms with van der Waals surface area (Å²) in [5.41, 5.74) is 4.10. The van der Waals surface area contributed by atoms with E-state index in [0.29, 0.717) is 0 Å². The van der Waals surface area contributed by atoms with Crippen molar-refractivity contribution in [3.05, 3.63) is 47.3 Å². The van der Waals surface area contributed by atoms with Crippen LogP contribution in [0.25, 0.3) is 0 Å². The minimum atomic E-state index is 0.817. The van der Waals surface area contributed by atoms with Crippen LogP contribution in [0.15, 0.2) is 30.5 Å². The summed E-state index contributed by atoms with van der Waals surface area (Å²) in [6.07, 6.45) is 3.26. The molecular formula is C22H31N3O3. The highest BCUT2D eigenvalue weighted by Crippen LogP contribution is 2.33. The van der Waals surface area contributed by atoms with E-state index in [-0.39, 0.29) is 0 Å². The van der Waals surface area contributed by atoms with E-state index in [2.05, 4.69) is 44.8 Å². The van der Waals surface area contributed by atoms with E-state index < -0.39 is 0 Å². The van der Waals surface area contributed by atoms with Gasteiger partial charge < -0.3 is 18.8 Å². The van der Waals surface area contributed by atoms with Gasteiger partial charge in [0.05, 0.1) is 27.4 Å². The number of morpholine rings is 1. The van der Waals surface area contributed by atoms with Gasteiger partial charge in [-0.1, -0.05) is 0 Å². The fourth-order valence-corrected chi connectivity index (χ4v) is 4.19. The highest BCUT2D eigenvalue weighted by molar-refractivity contribution is 5.48. The molecule has 0 N–H and O–H groups in total.